The smallest absolute Gasteiger partial charge is 0.159 e. The molecule has 0 aliphatic carbocycles. The van der Waals surface area contributed by atoms with Gasteiger partial charge in [-0.15, -0.1) is 0 Å². The van der Waals surface area contributed by atoms with E-state index in [-0.39, 0.29) is 0 Å². The maximum atomic E-state index is 6.68. The van der Waals surface area contributed by atoms with Crippen LogP contribution < -0.4 is 9.64 Å². The Kier molecular flexibility index (Phi) is 8.18. The molecule has 0 fully saturated rings. The predicted octanol–water partition coefficient (Wildman–Crippen LogP) is 16.9. The van der Waals surface area contributed by atoms with Crippen molar-refractivity contribution in [2.75, 3.05) is 4.90 Å². The molecule has 13 rings (SSSR count). The Bertz CT molecular complexity index is 3750. The maximum Gasteiger partial charge on any atom is 0.159 e. The van der Waals surface area contributed by atoms with Crippen molar-refractivity contribution in [1.29, 1.82) is 0 Å². The van der Waals surface area contributed by atoms with Gasteiger partial charge < -0.3 is 18.6 Å². The number of hydrogen-bond donors (Lipinski definition) is 0. The lowest BCUT2D eigenvalue weighted by atomic mass is 9.87. The van der Waals surface area contributed by atoms with Gasteiger partial charge in [-0.1, -0.05) is 152 Å². The van der Waals surface area contributed by atoms with Crippen LogP contribution in [-0.2, 0) is 0 Å². The van der Waals surface area contributed by atoms with Gasteiger partial charge in [0.15, 0.2) is 5.58 Å². The van der Waals surface area contributed by atoms with Gasteiger partial charge in [0.2, 0.25) is 0 Å². The van der Waals surface area contributed by atoms with Gasteiger partial charge in [0.1, 0.15) is 17.1 Å². The second-order valence-electron chi connectivity index (χ2n) is 16.4. The summed E-state index contributed by atoms with van der Waals surface area (Å²) >= 11 is 0. The average molecular weight is 819 g/mol. The molecule has 4 nitrogen and oxygen atoms in total. The third kappa shape index (κ3) is 5.70. The molecule has 4 heteroatoms. The molecular formula is C60H38N2O2. The van der Waals surface area contributed by atoms with Crippen molar-refractivity contribution in [3.63, 3.8) is 0 Å². The topological polar surface area (TPSA) is 30.5 Å². The predicted molar refractivity (Wildman–Crippen MR) is 265 cm³/mol. The molecule has 0 unspecified atom stereocenters. The van der Waals surface area contributed by atoms with Crippen molar-refractivity contribution in [2.24, 2.45) is 0 Å². The Morgan fingerprint density at radius 2 is 0.938 bits per heavy atom. The van der Waals surface area contributed by atoms with E-state index < -0.39 is 0 Å². The summed E-state index contributed by atoms with van der Waals surface area (Å²) in [5.41, 5.74) is 17.4. The summed E-state index contributed by atoms with van der Waals surface area (Å²) in [4.78, 5) is 2.32. The van der Waals surface area contributed by atoms with E-state index in [1.807, 2.05) is 24.3 Å². The molecule has 0 bridgehead atoms. The zero-order valence-corrected chi connectivity index (χ0v) is 34.7. The number of rotatable bonds is 6. The molecule has 3 heterocycles. The number of aromatic nitrogens is 1. The summed E-state index contributed by atoms with van der Waals surface area (Å²) in [7, 11) is 0. The summed E-state index contributed by atoms with van der Waals surface area (Å²) < 4.78 is 15.6. The van der Waals surface area contributed by atoms with E-state index >= 15 is 0 Å². The quantitative estimate of drug-likeness (QED) is 0.167. The number of nitrogens with zero attached hydrogens (tertiary/aromatic N) is 2. The third-order valence-corrected chi connectivity index (χ3v) is 12.8. The van der Waals surface area contributed by atoms with Crippen LogP contribution in [0.2, 0.25) is 0 Å². The highest BCUT2D eigenvalue weighted by atomic mass is 16.5. The van der Waals surface area contributed by atoms with E-state index in [1.54, 1.807) is 0 Å². The fraction of sp³-hybridized carbons (Fsp3) is 0. The average Bonchev–Trinajstić information content (AvgIpc) is 3.86. The molecule has 0 atom stereocenters. The minimum Gasteiger partial charge on any atom is -0.456 e. The fourth-order valence-electron chi connectivity index (χ4n) is 9.90. The van der Waals surface area contributed by atoms with Gasteiger partial charge >= 0.3 is 0 Å². The van der Waals surface area contributed by atoms with Crippen molar-refractivity contribution in [3.8, 4) is 61.7 Å². The van der Waals surface area contributed by atoms with E-state index in [0.717, 1.165) is 95.1 Å². The fourth-order valence-corrected chi connectivity index (χ4v) is 9.90. The molecule has 1 aliphatic rings. The SMILES string of the molecule is c1ccc(-n2c3ccccc3c3cc(-c4ccc(N(c5ccc(-c6cccc7c6-c6ccccc6Oc6ccccc6-7)cc5)c5cccc6c5oc5ccccc56)cc4)ccc32)cc1. The molecular weight excluding hydrogens is 781 g/mol. The second-order valence-corrected chi connectivity index (χ2v) is 16.4. The Morgan fingerprint density at radius 1 is 0.359 bits per heavy atom. The largest absolute Gasteiger partial charge is 0.456 e. The Balaban J connectivity index is 0.937. The van der Waals surface area contributed by atoms with E-state index in [0.29, 0.717) is 0 Å². The molecule has 0 saturated heterocycles. The molecule has 12 aromatic rings. The molecule has 0 amide bonds. The van der Waals surface area contributed by atoms with E-state index in [2.05, 4.69) is 216 Å². The van der Waals surface area contributed by atoms with Crippen LogP contribution in [0.5, 0.6) is 11.5 Å². The minimum atomic E-state index is 0.848. The summed E-state index contributed by atoms with van der Waals surface area (Å²) in [6.45, 7) is 0. The summed E-state index contributed by atoms with van der Waals surface area (Å²) in [6, 6.07) is 82.0. The standard InChI is InChI=1S/C60H38N2O2/c1-2-14-42(15-3-1)62-53-23-8-4-16-46(53)52-38-41(32-37-54(52)62)39-28-33-43(34-29-39)61(55-24-13-22-50-48-18-6-10-26-57(48)64-60(50)55)44-35-30-40(31-36-44)45-20-12-21-49-47-17-5-9-25-56(47)63-58-27-11-7-19-51(58)59(45)49/h1-38H. The first-order valence-corrected chi connectivity index (χ1v) is 21.7. The van der Waals surface area contributed by atoms with Crippen LogP contribution >= 0.6 is 0 Å². The summed E-state index contributed by atoms with van der Waals surface area (Å²) in [5, 5.41) is 4.66. The highest BCUT2D eigenvalue weighted by molar-refractivity contribution is 6.12. The normalized spacial score (nSPS) is 11.9. The van der Waals surface area contributed by atoms with Crippen LogP contribution in [0.4, 0.5) is 17.1 Å². The highest BCUT2D eigenvalue weighted by Gasteiger charge is 2.24. The van der Waals surface area contributed by atoms with Crippen LogP contribution in [0, 0.1) is 0 Å². The second kappa shape index (κ2) is 14.5. The molecule has 0 spiro atoms. The Hall–Kier alpha value is -8.60. The number of hydrogen-bond acceptors (Lipinski definition) is 3. The number of benzene rings is 10. The van der Waals surface area contributed by atoms with Gasteiger partial charge in [-0.2, -0.15) is 0 Å². The van der Waals surface area contributed by atoms with Crippen molar-refractivity contribution in [3.05, 3.63) is 231 Å². The van der Waals surface area contributed by atoms with Crippen molar-refractivity contribution in [1.82, 2.24) is 4.57 Å². The van der Waals surface area contributed by atoms with E-state index in [4.69, 9.17) is 9.15 Å². The zero-order valence-electron chi connectivity index (χ0n) is 34.7. The number of fused-ring (bicyclic) bond motifs is 11. The first kappa shape index (κ1) is 36.1. The molecule has 64 heavy (non-hydrogen) atoms. The lowest BCUT2D eigenvalue weighted by Gasteiger charge is -2.26. The molecule has 10 aromatic carbocycles. The number of ether oxygens (including phenoxy) is 1. The Labute approximate surface area is 370 Å². The van der Waals surface area contributed by atoms with Gasteiger partial charge in [-0.05, 0) is 107 Å². The van der Waals surface area contributed by atoms with Crippen LogP contribution in [0.15, 0.2) is 235 Å². The van der Waals surface area contributed by atoms with Crippen LogP contribution in [0.25, 0.3) is 93.9 Å². The van der Waals surface area contributed by atoms with E-state index in [1.165, 1.54) is 27.4 Å². The molecule has 2 aromatic heterocycles. The summed E-state index contributed by atoms with van der Waals surface area (Å²) in [6.07, 6.45) is 0. The van der Waals surface area contributed by atoms with Gasteiger partial charge in [-0.25, -0.2) is 0 Å². The van der Waals surface area contributed by atoms with Gasteiger partial charge in [0.05, 0.1) is 16.7 Å². The molecule has 0 saturated carbocycles. The maximum absolute atomic E-state index is 6.68. The highest BCUT2D eigenvalue weighted by Crippen LogP contribution is 2.51. The molecule has 0 N–H and O–H groups in total. The monoisotopic (exact) mass is 818 g/mol. The number of anilines is 3. The first-order valence-electron chi connectivity index (χ1n) is 21.7. The number of furan rings is 1. The first-order chi connectivity index (χ1) is 31.7. The molecule has 0 radical (unpaired) electrons. The van der Waals surface area contributed by atoms with Crippen molar-refractivity contribution in [2.45, 2.75) is 0 Å². The van der Waals surface area contributed by atoms with Crippen molar-refractivity contribution >= 4 is 60.8 Å². The van der Waals surface area contributed by atoms with Gasteiger partial charge in [0.25, 0.3) is 0 Å². The molecule has 1 aliphatic heterocycles. The lowest BCUT2D eigenvalue weighted by molar-refractivity contribution is 0.488. The third-order valence-electron chi connectivity index (χ3n) is 12.8. The summed E-state index contributed by atoms with van der Waals surface area (Å²) in [5.74, 6) is 1.71. The lowest BCUT2D eigenvalue weighted by Crippen LogP contribution is -2.10. The van der Waals surface area contributed by atoms with Gasteiger partial charge in [0, 0.05) is 55.3 Å². The van der Waals surface area contributed by atoms with E-state index in [9.17, 15) is 0 Å². The van der Waals surface area contributed by atoms with Gasteiger partial charge in [-0.3, -0.25) is 0 Å². The Morgan fingerprint density at radius 3 is 1.75 bits per heavy atom. The zero-order chi connectivity index (χ0) is 42.1. The van der Waals surface area contributed by atoms with Crippen LogP contribution in [0.3, 0.4) is 0 Å². The van der Waals surface area contributed by atoms with Crippen LogP contribution in [0.1, 0.15) is 0 Å². The molecule has 300 valence electrons. The van der Waals surface area contributed by atoms with Crippen molar-refractivity contribution < 1.29 is 9.15 Å². The minimum absolute atomic E-state index is 0.848. The van der Waals surface area contributed by atoms with Crippen LogP contribution in [-0.4, -0.2) is 4.57 Å². The number of para-hydroxylation sites is 6.